The Labute approximate surface area is 97.1 Å². The average Bonchev–Trinajstić information content (AvgIpc) is 2.29. The lowest BCUT2D eigenvalue weighted by Gasteiger charge is -2.06. The van der Waals surface area contributed by atoms with Gasteiger partial charge in [0.2, 0.25) is 0 Å². The van der Waals surface area contributed by atoms with E-state index in [2.05, 4.69) is 0 Å². The van der Waals surface area contributed by atoms with E-state index in [-0.39, 0.29) is 16.9 Å². The summed E-state index contributed by atoms with van der Waals surface area (Å²) in [6, 6.07) is 8.78. The number of nitrogens with zero attached hydrogens (tertiary/aromatic N) is 1. The molecule has 17 heavy (non-hydrogen) atoms. The maximum Gasteiger partial charge on any atom is 0.255 e. The molecule has 0 aliphatic heterocycles. The summed E-state index contributed by atoms with van der Waals surface area (Å²) in [6.45, 7) is 1.30. The van der Waals surface area contributed by atoms with E-state index >= 15 is 0 Å². The van der Waals surface area contributed by atoms with E-state index < -0.39 is 5.82 Å². The number of rotatable bonds is 2. The fraction of sp³-hybridized carbons (Fsp3) is 0.0769. The summed E-state index contributed by atoms with van der Waals surface area (Å²) in [5, 5.41) is 0. The third-order valence-electron chi connectivity index (χ3n) is 2.43. The molecule has 0 unspecified atom stereocenters. The predicted octanol–water partition coefficient (Wildman–Crippen LogP) is 2.18. The number of ketones is 1. The van der Waals surface area contributed by atoms with Gasteiger partial charge in [0.05, 0.1) is 11.3 Å². The van der Waals surface area contributed by atoms with Crippen molar-refractivity contribution in [3.63, 3.8) is 0 Å². The van der Waals surface area contributed by atoms with Crippen molar-refractivity contribution in [2.45, 2.75) is 6.92 Å². The van der Waals surface area contributed by atoms with Crippen LogP contribution < -0.4 is 5.56 Å². The van der Waals surface area contributed by atoms with Gasteiger partial charge < -0.3 is 0 Å². The first-order valence-corrected chi connectivity index (χ1v) is 5.08. The number of aromatic nitrogens is 1. The summed E-state index contributed by atoms with van der Waals surface area (Å²) in [5.41, 5.74) is 0.179. The lowest BCUT2D eigenvalue weighted by atomic mass is 10.1. The van der Waals surface area contributed by atoms with Crippen molar-refractivity contribution in [1.82, 2.24) is 4.57 Å². The summed E-state index contributed by atoms with van der Waals surface area (Å²) >= 11 is 0. The Morgan fingerprint density at radius 3 is 2.59 bits per heavy atom. The van der Waals surface area contributed by atoms with Crippen LogP contribution in [-0.4, -0.2) is 10.4 Å². The average molecular weight is 231 g/mol. The Bertz CT molecular complexity index is 631. The van der Waals surface area contributed by atoms with Crippen LogP contribution in [0.5, 0.6) is 0 Å². The van der Waals surface area contributed by atoms with Crippen LogP contribution >= 0.6 is 0 Å². The van der Waals surface area contributed by atoms with Gasteiger partial charge in [0.15, 0.2) is 5.78 Å². The molecule has 0 spiro atoms. The summed E-state index contributed by atoms with van der Waals surface area (Å²) in [7, 11) is 0. The van der Waals surface area contributed by atoms with E-state index in [1.165, 1.54) is 29.7 Å². The molecule has 1 aromatic carbocycles. The van der Waals surface area contributed by atoms with Crippen LogP contribution in [0.1, 0.15) is 17.3 Å². The van der Waals surface area contributed by atoms with Crippen molar-refractivity contribution < 1.29 is 9.18 Å². The molecule has 3 nitrogen and oxygen atoms in total. The van der Waals surface area contributed by atoms with Crippen LogP contribution in [0.4, 0.5) is 4.39 Å². The summed E-state index contributed by atoms with van der Waals surface area (Å²) in [5.74, 6) is -0.958. The molecule has 0 saturated heterocycles. The molecule has 86 valence electrons. The molecule has 1 heterocycles. The Morgan fingerprint density at radius 1 is 1.24 bits per heavy atom. The minimum Gasteiger partial charge on any atom is -0.294 e. The molecule has 0 amide bonds. The molecule has 0 saturated carbocycles. The molecule has 0 fully saturated rings. The Hall–Kier alpha value is -2.23. The first kappa shape index (κ1) is 11.3. The van der Waals surface area contributed by atoms with Gasteiger partial charge in [-0.2, -0.15) is 0 Å². The smallest absolute Gasteiger partial charge is 0.255 e. The van der Waals surface area contributed by atoms with E-state index in [4.69, 9.17) is 0 Å². The van der Waals surface area contributed by atoms with Crippen LogP contribution in [0, 0.1) is 5.82 Å². The zero-order valence-corrected chi connectivity index (χ0v) is 9.18. The Kier molecular flexibility index (Phi) is 2.87. The van der Waals surface area contributed by atoms with Gasteiger partial charge in [0.1, 0.15) is 5.82 Å². The van der Waals surface area contributed by atoms with Crippen molar-refractivity contribution in [2.24, 2.45) is 0 Å². The van der Waals surface area contributed by atoms with E-state index in [1.54, 1.807) is 24.4 Å². The van der Waals surface area contributed by atoms with Gasteiger partial charge in [-0.3, -0.25) is 14.2 Å². The molecule has 4 heteroatoms. The highest BCUT2D eigenvalue weighted by atomic mass is 19.1. The van der Waals surface area contributed by atoms with Crippen LogP contribution in [0.2, 0.25) is 0 Å². The SMILES string of the molecule is CC(=O)c1ccc(-n2ccccc2=O)cc1F. The van der Waals surface area contributed by atoms with Crippen LogP contribution in [0.15, 0.2) is 47.4 Å². The molecule has 0 bridgehead atoms. The molecule has 0 aliphatic rings. The summed E-state index contributed by atoms with van der Waals surface area (Å²) < 4.78 is 14.9. The first-order valence-electron chi connectivity index (χ1n) is 5.08. The minimum absolute atomic E-state index is 0.0257. The number of carbonyl (C=O) groups excluding carboxylic acids is 1. The summed E-state index contributed by atoms with van der Waals surface area (Å²) in [6.07, 6.45) is 1.55. The fourth-order valence-corrected chi connectivity index (χ4v) is 1.58. The zero-order chi connectivity index (χ0) is 12.4. The lowest BCUT2D eigenvalue weighted by Crippen LogP contribution is -2.16. The van der Waals surface area contributed by atoms with Crippen molar-refractivity contribution in [2.75, 3.05) is 0 Å². The third-order valence-corrected chi connectivity index (χ3v) is 2.43. The van der Waals surface area contributed by atoms with Crippen LogP contribution in [0.25, 0.3) is 5.69 Å². The predicted molar refractivity (Wildman–Crippen MR) is 62.0 cm³/mol. The third kappa shape index (κ3) is 2.15. The van der Waals surface area contributed by atoms with Crippen LogP contribution in [-0.2, 0) is 0 Å². The number of halogens is 1. The molecule has 2 aromatic rings. The molecule has 0 radical (unpaired) electrons. The Balaban J connectivity index is 2.56. The molecule has 0 atom stereocenters. The second-order valence-electron chi connectivity index (χ2n) is 3.63. The molecule has 1 aromatic heterocycles. The number of pyridine rings is 1. The van der Waals surface area contributed by atoms with Crippen LogP contribution in [0.3, 0.4) is 0 Å². The van der Waals surface area contributed by atoms with Crippen molar-refractivity contribution in [1.29, 1.82) is 0 Å². The first-order chi connectivity index (χ1) is 8.09. The zero-order valence-electron chi connectivity index (χ0n) is 9.18. The number of benzene rings is 1. The highest BCUT2D eigenvalue weighted by Gasteiger charge is 2.08. The molecular formula is C13H10FNO2. The highest BCUT2D eigenvalue weighted by Crippen LogP contribution is 2.13. The van der Waals surface area contributed by atoms with E-state index in [9.17, 15) is 14.0 Å². The minimum atomic E-state index is -0.620. The monoisotopic (exact) mass is 231 g/mol. The Morgan fingerprint density at radius 2 is 2.00 bits per heavy atom. The van der Waals surface area contributed by atoms with Crippen molar-refractivity contribution in [3.8, 4) is 5.69 Å². The maximum absolute atomic E-state index is 13.6. The molecule has 2 rings (SSSR count). The van der Waals surface area contributed by atoms with Gasteiger partial charge in [0, 0.05) is 12.3 Å². The van der Waals surface area contributed by atoms with E-state index in [1.807, 2.05) is 0 Å². The van der Waals surface area contributed by atoms with Gasteiger partial charge in [-0.1, -0.05) is 6.07 Å². The quantitative estimate of drug-likeness (QED) is 0.743. The van der Waals surface area contributed by atoms with Gasteiger partial charge in [0.25, 0.3) is 5.56 Å². The number of hydrogen-bond acceptors (Lipinski definition) is 2. The van der Waals surface area contributed by atoms with E-state index in [0.717, 1.165) is 0 Å². The second-order valence-corrected chi connectivity index (χ2v) is 3.63. The van der Waals surface area contributed by atoms with Gasteiger partial charge in [-0.25, -0.2) is 4.39 Å². The maximum atomic E-state index is 13.6. The molecule has 0 aliphatic carbocycles. The highest BCUT2D eigenvalue weighted by molar-refractivity contribution is 5.94. The largest absolute Gasteiger partial charge is 0.294 e. The second kappa shape index (κ2) is 4.33. The standard InChI is InChI=1S/C13H10FNO2/c1-9(16)11-6-5-10(8-12(11)14)15-7-3-2-4-13(15)17/h2-8H,1H3. The topological polar surface area (TPSA) is 39.1 Å². The molecular weight excluding hydrogens is 221 g/mol. The number of Topliss-reactive ketones (excluding diaryl/α,β-unsaturated/α-hetero) is 1. The fourth-order valence-electron chi connectivity index (χ4n) is 1.58. The summed E-state index contributed by atoms with van der Waals surface area (Å²) in [4.78, 5) is 22.6. The van der Waals surface area contributed by atoms with Gasteiger partial charge in [-0.05, 0) is 31.2 Å². The van der Waals surface area contributed by atoms with E-state index in [0.29, 0.717) is 5.69 Å². The molecule has 0 N–H and O–H groups in total. The van der Waals surface area contributed by atoms with Crippen molar-refractivity contribution >= 4 is 5.78 Å². The van der Waals surface area contributed by atoms with Gasteiger partial charge in [-0.15, -0.1) is 0 Å². The lowest BCUT2D eigenvalue weighted by molar-refractivity contribution is 0.101. The van der Waals surface area contributed by atoms with Gasteiger partial charge >= 0.3 is 0 Å². The number of hydrogen-bond donors (Lipinski definition) is 0. The van der Waals surface area contributed by atoms with Crippen molar-refractivity contribution in [3.05, 3.63) is 64.3 Å². The number of carbonyl (C=O) groups is 1. The normalized spacial score (nSPS) is 10.2.